The van der Waals surface area contributed by atoms with E-state index in [9.17, 15) is 9.90 Å². The van der Waals surface area contributed by atoms with E-state index in [-0.39, 0.29) is 12.8 Å². The van der Waals surface area contributed by atoms with Crippen LogP contribution in [0.15, 0.2) is 41.2 Å². The van der Waals surface area contributed by atoms with Crippen LogP contribution in [0.3, 0.4) is 0 Å². The number of ether oxygens (including phenoxy) is 2. The minimum atomic E-state index is -0.337. The van der Waals surface area contributed by atoms with Crippen molar-refractivity contribution in [3.63, 3.8) is 0 Å². The Morgan fingerprint density at radius 2 is 2.06 bits per heavy atom. The largest absolute Gasteiger partial charge is 0.497 e. The summed E-state index contributed by atoms with van der Waals surface area (Å²) in [7, 11) is 3.18. The van der Waals surface area contributed by atoms with E-state index in [1.54, 1.807) is 26.5 Å². The highest BCUT2D eigenvalue weighted by Crippen LogP contribution is 2.30. The Morgan fingerprint density at radius 3 is 2.70 bits per heavy atom. The van der Waals surface area contributed by atoms with Gasteiger partial charge in [0, 0.05) is 43.2 Å². The quantitative estimate of drug-likeness (QED) is 0.343. The number of carbonyl (C=O) groups excluding carboxylic acids is 1. The second kappa shape index (κ2) is 9.81. The van der Waals surface area contributed by atoms with Crippen molar-refractivity contribution in [3.05, 3.63) is 52.9 Å². The van der Waals surface area contributed by atoms with Gasteiger partial charge in [0.2, 0.25) is 0 Å². The first-order valence-corrected chi connectivity index (χ1v) is 10.6. The normalized spacial score (nSPS) is 18.3. The number of β-amino-alcohol motifs (C(OH)–C–C–N with tert-alkyl or cyclic N) is 1. The number of hydrogen-bond acceptors (Lipinski definition) is 8. The average molecular weight is 450 g/mol. The number of allylic oxidation sites excluding steroid dienone is 1. The highest BCUT2D eigenvalue weighted by atomic mass is 16.5. The van der Waals surface area contributed by atoms with Gasteiger partial charge in [0.05, 0.1) is 31.5 Å². The number of aliphatic imine (C=N–C) groups is 1. The van der Waals surface area contributed by atoms with Gasteiger partial charge >= 0.3 is 0 Å². The van der Waals surface area contributed by atoms with Gasteiger partial charge in [0.25, 0.3) is 0 Å². The van der Waals surface area contributed by atoms with Crippen LogP contribution >= 0.6 is 0 Å². The minimum absolute atomic E-state index is 0.287. The van der Waals surface area contributed by atoms with Gasteiger partial charge < -0.3 is 30.2 Å². The number of H-pyrrole nitrogens is 1. The molecule has 1 fully saturated rings. The molecule has 9 heteroatoms. The van der Waals surface area contributed by atoms with Gasteiger partial charge in [0.15, 0.2) is 0 Å². The first kappa shape index (κ1) is 22.5. The maximum Gasteiger partial charge on any atom is 0.144 e. The van der Waals surface area contributed by atoms with Gasteiger partial charge in [0.1, 0.15) is 36.1 Å². The number of anilines is 1. The van der Waals surface area contributed by atoms with Crippen LogP contribution in [0.2, 0.25) is 0 Å². The van der Waals surface area contributed by atoms with E-state index in [0.717, 1.165) is 36.3 Å². The van der Waals surface area contributed by atoms with Crippen LogP contribution < -0.4 is 20.1 Å². The molecule has 2 aliphatic heterocycles. The number of rotatable bonds is 6. The van der Waals surface area contributed by atoms with E-state index in [1.807, 2.05) is 17.0 Å². The van der Waals surface area contributed by atoms with Crippen molar-refractivity contribution in [2.24, 2.45) is 10.7 Å². The third-order valence-electron chi connectivity index (χ3n) is 5.70. The van der Waals surface area contributed by atoms with Crippen LogP contribution in [0.1, 0.15) is 23.1 Å². The summed E-state index contributed by atoms with van der Waals surface area (Å²) in [6, 6.07) is 5.44. The number of aliphatic hydroxyl groups is 1. The van der Waals surface area contributed by atoms with Gasteiger partial charge in [-0.15, -0.1) is 0 Å². The van der Waals surface area contributed by atoms with Crippen LogP contribution in [0.5, 0.6) is 11.5 Å². The molecule has 4 rings (SSSR count). The third kappa shape index (κ3) is 4.87. The third-order valence-corrected chi connectivity index (χ3v) is 5.70. The number of aliphatic hydroxyl groups excluding tert-OH is 1. The smallest absolute Gasteiger partial charge is 0.144 e. The molecule has 9 nitrogen and oxygen atoms in total. The summed E-state index contributed by atoms with van der Waals surface area (Å²) in [4.78, 5) is 23.1. The highest BCUT2D eigenvalue weighted by molar-refractivity contribution is 6.06. The Labute approximate surface area is 192 Å². The molecular formula is C24H27N5O4. The molecule has 1 atom stereocenters. The van der Waals surface area contributed by atoms with Crippen molar-refractivity contribution < 1.29 is 19.4 Å². The Balaban J connectivity index is 1.65. The number of benzene rings is 1. The SMILES string of the molecule is COc1cc(C#Cc2c[nH]c3c2C(N)=NCN3C(=CC=O)CN2CCC(O)C2)cc(OC)c1. The molecule has 172 valence electrons. The van der Waals surface area contributed by atoms with Crippen molar-refractivity contribution in [1.82, 2.24) is 9.88 Å². The molecule has 0 amide bonds. The second-order valence-electron chi connectivity index (χ2n) is 7.86. The first-order valence-electron chi connectivity index (χ1n) is 10.6. The number of aldehydes is 1. The van der Waals surface area contributed by atoms with E-state index < -0.39 is 0 Å². The van der Waals surface area contributed by atoms with Gasteiger partial charge in [-0.2, -0.15) is 0 Å². The number of aromatic nitrogens is 1. The zero-order valence-electron chi connectivity index (χ0n) is 18.7. The molecular weight excluding hydrogens is 422 g/mol. The predicted molar refractivity (Wildman–Crippen MR) is 126 cm³/mol. The fraction of sp³-hybridized carbons (Fsp3) is 0.333. The topological polar surface area (TPSA) is 116 Å². The number of amidine groups is 1. The summed E-state index contributed by atoms with van der Waals surface area (Å²) in [5.74, 6) is 8.72. The standard InChI is InChI=1S/C24H27N5O4/c1-32-20-9-16(10-21(11-20)33-2)3-4-17-12-26-24-22(17)23(25)27-15-29(24)18(6-8-30)13-28-7-5-19(31)14-28/h6,8-12,19,26,31H,5,7,13-15H2,1-2H3,(H2,25,27). The van der Waals surface area contributed by atoms with Crippen LogP contribution in [0.25, 0.3) is 0 Å². The Kier molecular flexibility index (Phi) is 6.68. The molecule has 1 unspecified atom stereocenters. The van der Waals surface area contributed by atoms with Crippen LogP contribution in [0.4, 0.5) is 5.82 Å². The van der Waals surface area contributed by atoms with E-state index in [2.05, 4.69) is 26.7 Å². The maximum absolute atomic E-state index is 11.4. The zero-order chi connectivity index (χ0) is 23.4. The van der Waals surface area contributed by atoms with Crippen molar-refractivity contribution in [2.75, 3.05) is 45.4 Å². The lowest BCUT2D eigenvalue weighted by atomic mass is 10.1. The fourth-order valence-corrected chi connectivity index (χ4v) is 4.02. The van der Waals surface area contributed by atoms with Gasteiger partial charge in [-0.3, -0.25) is 9.69 Å². The summed E-state index contributed by atoms with van der Waals surface area (Å²) in [5, 5.41) is 9.85. The number of carbonyl (C=O) groups is 1. The summed E-state index contributed by atoms with van der Waals surface area (Å²) < 4.78 is 10.6. The van der Waals surface area contributed by atoms with E-state index in [0.29, 0.717) is 41.6 Å². The molecule has 0 spiro atoms. The Hall–Kier alpha value is -3.74. The number of nitrogens with one attached hydrogen (secondary N) is 1. The number of nitrogens with two attached hydrogens (primary N) is 1. The van der Waals surface area contributed by atoms with Gasteiger partial charge in [-0.1, -0.05) is 11.8 Å². The van der Waals surface area contributed by atoms with E-state index in [1.165, 1.54) is 6.08 Å². The molecule has 2 aromatic rings. The highest BCUT2D eigenvalue weighted by Gasteiger charge is 2.28. The predicted octanol–water partition coefficient (Wildman–Crippen LogP) is 1.06. The average Bonchev–Trinajstić information content (AvgIpc) is 3.44. The molecule has 0 radical (unpaired) electrons. The molecule has 1 aromatic heterocycles. The molecule has 0 aliphatic carbocycles. The number of nitrogens with zero attached hydrogens (tertiary/aromatic N) is 3. The molecule has 0 bridgehead atoms. The minimum Gasteiger partial charge on any atom is -0.497 e. The van der Waals surface area contributed by atoms with Gasteiger partial charge in [-0.05, 0) is 24.6 Å². The van der Waals surface area contributed by atoms with E-state index in [4.69, 9.17) is 15.2 Å². The summed E-state index contributed by atoms with van der Waals surface area (Å²) in [5.41, 5.74) is 9.13. The lowest BCUT2D eigenvalue weighted by Crippen LogP contribution is -2.37. The number of methoxy groups -OCH3 is 2. The van der Waals surface area contributed by atoms with Crippen molar-refractivity contribution in [1.29, 1.82) is 0 Å². The number of fused-ring (bicyclic) bond motifs is 1. The summed E-state index contributed by atoms with van der Waals surface area (Å²) in [6.45, 7) is 2.16. The molecule has 1 aromatic carbocycles. The number of hydrogen-bond donors (Lipinski definition) is 3. The maximum atomic E-state index is 11.4. The lowest BCUT2D eigenvalue weighted by molar-refractivity contribution is -0.104. The van der Waals surface area contributed by atoms with E-state index >= 15 is 0 Å². The second-order valence-corrected chi connectivity index (χ2v) is 7.86. The zero-order valence-corrected chi connectivity index (χ0v) is 18.7. The Morgan fingerprint density at radius 1 is 1.30 bits per heavy atom. The first-order chi connectivity index (χ1) is 16.0. The van der Waals surface area contributed by atoms with Crippen molar-refractivity contribution >= 4 is 17.9 Å². The van der Waals surface area contributed by atoms with Crippen LogP contribution in [0, 0.1) is 11.8 Å². The molecule has 0 saturated carbocycles. The fourth-order valence-electron chi connectivity index (χ4n) is 4.02. The van der Waals surface area contributed by atoms with Crippen LogP contribution in [-0.4, -0.2) is 73.7 Å². The lowest BCUT2D eigenvalue weighted by Gasteiger charge is -2.30. The van der Waals surface area contributed by atoms with Crippen LogP contribution in [-0.2, 0) is 4.79 Å². The molecule has 33 heavy (non-hydrogen) atoms. The number of likely N-dealkylation sites (tertiary alicyclic amines) is 1. The van der Waals surface area contributed by atoms with Gasteiger partial charge in [-0.25, -0.2) is 4.99 Å². The molecule has 4 N–H and O–H groups in total. The summed E-state index contributed by atoms with van der Waals surface area (Å²) >= 11 is 0. The molecule has 3 heterocycles. The number of aromatic amines is 1. The monoisotopic (exact) mass is 449 g/mol. The van der Waals surface area contributed by atoms with Crippen molar-refractivity contribution in [3.8, 4) is 23.3 Å². The van der Waals surface area contributed by atoms with Crippen molar-refractivity contribution in [2.45, 2.75) is 12.5 Å². The molecule has 1 saturated heterocycles. The molecule has 2 aliphatic rings. The summed E-state index contributed by atoms with van der Waals surface area (Å²) in [6.07, 6.45) is 4.47. The Bertz CT molecular complexity index is 1140.